The minimum atomic E-state index is 0.856. The molecule has 0 amide bonds. The SMILES string of the molecule is Cn1nncc1-n1cccn1. The molecule has 0 unspecified atom stereocenters. The largest absolute Gasteiger partial charge is 0.231 e. The van der Waals surface area contributed by atoms with Crippen molar-refractivity contribution >= 4 is 0 Å². The number of hydrogen-bond donors (Lipinski definition) is 0. The molecule has 5 nitrogen and oxygen atoms in total. The van der Waals surface area contributed by atoms with E-state index in [1.54, 1.807) is 21.8 Å². The average molecular weight is 149 g/mol. The second kappa shape index (κ2) is 2.19. The van der Waals surface area contributed by atoms with Crippen molar-refractivity contribution < 1.29 is 0 Å². The molecule has 0 aliphatic carbocycles. The van der Waals surface area contributed by atoms with Crippen LogP contribution < -0.4 is 0 Å². The highest BCUT2D eigenvalue weighted by atomic mass is 15.5. The summed E-state index contributed by atoms with van der Waals surface area (Å²) in [5, 5.41) is 11.5. The Kier molecular flexibility index (Phi) is 1.21. The van der Waals surface area contributed by atoms with E-state index in [4.69, 9.17) is 0 Å². The lowest BCUT2D eigenvalue weighted by Crippen LogP contribution is -2.02. The van der Waals surface area contributed by atoms with E-state index in [2.05, 4.69) is 15.4 Å². The van der Waals surface area contributed by atoms with Gasteiger partial charge in [-0.25, -0.2) is 9.36 Å². The Labute approximate surface area is 63.3 Å². The van der Waals surface area contributed by atoms with Crippen LogP contribution >= 0.6 is 0 Å². The lowest BCUT2D eigenvalue weighted by molar-refractivity contribution is 0.672. The molecule has 56 valence electrons. The molecule has 0 radical (unpaired) electrons. The van der Waals surface area contributed by atoms with E-state index in [1.807, 2.05) is 19.3 Å². The van der Waals surface area contributed by atoms with E-state index in [-0.39, 0.29) is 0 Å². The quantitative estimate of drug-likeness (QED) is 0.573. The minimum absolute atomic E-state index is 0.856. The zero-order valence-corrected chi connectivity index (χ0v) is 6.05. The van der Waals surface area contributed by atoms with Gasteiger partial charge in [0.25, 0.3) is 0 Å². The van der Waals surface area contributed by atoms with Crippen molar-refractivity contribution in [3.05, 3.63) is 24.7 Å². The first-order valence-corrected chi connectivity index (χ1v) is 3.22. The lowest BCUT2D eigenvalue weighted by atomic mass is 10.7. The first kappa shape index (κ1) is 6.09. The number of aryl methyl sites for hydroxylation is 1. The predicted octanol–water partition coefficient (Wildman–Crippen LogP) is 0.000800. The van der Waals surface area contributed by atoms with Crippen molar-refractivity contribution in [2.24, 2.45) is 7.05 Å². The standard InChI is InChI=1S/C6H7N5/c1-10-6(5-7-9-10)11-4-2-3-8-11/h2-5H,1H3. The fourth-order valence-corrected chi connectivity index (χ4v) is 0.896. The Balaban J connectivity index is 2.53. The van der Waals surface area contributed by atoms with Crippen LogP contribution in [-0.4, -0.2) is 24.8 Å². The summed E-state index contributed by atoms with van der Waals surface area (Å²) in [5.41, 5.74) is 0. The van der Waals surface area contributed by atoms with Crippen LogP contribution in [0.15, 0.2) is 24.7 Å². The normalized spacial score (nSPS) is 10.3. The molecule has 0 aromatic carbocycles. The number of nitrogens with zero attached hydrogens (tertiary/aromatic N) is 5. The fourth-order valence-electron chi connectivity index (χ4n) is 0.896. The molecule has 0 bridgehead atoms. The predicted molar refractivity (Wildman–Crippen MR) is 38.1 cm³/mol. The monoisotopic (exact) mass is 149 g/mol. The zero-order valence-electron chi connectivity index (χ0n) is 6.05. The van der Waals surface area contributed by atoms with Gasteiger partial charge in [0.1, 0.15) is 0 Å². The first-order valence-electron chi connectivity index (χ1n) is 3.22. The van der Waals surface area contributed by atoms with Crippen molar-refractivity contribution in [3.8, 4) is 5.82 Å². The molecule has 0 aliphatic heterocycles. The van der Waals surface area contributed by atoms with Gasteiger partial charge in [-0.1, -0.05) is 5.21 Å². The van der Waals surface area contributed by atoms with Crippen LogP contribution in [0, 0.1) is 0 Å². The van der Waals surface area contributed by atoms with Crippen molar-refractivity contribution in [3.63, 3.8) is 0 Å². The summed E-state index contributed by atoms with van der Waals surface area (Å²) in [6, 6.07) is 1.85. The van der Waals surface area contributed by atoms with Gasteiger partial charge in [-0.2, -0.15) is 5.10 Å². The fraction of sp³-hybridized carbons (Fsp3) is 0.167. The van der Waals surface area contributed by atoms with Crippen molar-refractivity contribution in [2.45, 2.75) is 0 Å². The van der Waals surface area contributed by atoms with Crippen LogP contribution in [0.3, 0.4) is 0 Å². The highest BCUT2D eigenvalue weighted by Gasteiger charge is 1.99. The second-order valence-corrected chi connectivity index (χ2v) is 2.17. The topological polar surface area (TPSA) is 48.5 Å². The van der Waals surface area contributed by atoms with Gasteiger partial charge in [0, 0.05) is 19.4 Å². The lowest BCUT2D eigenvalue weighted by Gasteiger charge is -1.97. The highest BCUT2D eigenvalue weighted by Crippen LogP contribution is 1.99. The molecular formula is C6H7N5. The molecule has 0 fully saturated rings. The Morgan fingerprint density at radius 2 is 2.36 bits per heavy atom. The Morgan fingerprint density at radius 3 is 2.91 bits per heavy atom. The zero-order chi connectivity index (χ0) is 7.68. The smallest absolute Gasteiger partial charge is 0.171 e. The van der Waals surface area contributed by atoms with Gasteiger partial charge in [0.2, 0.25) is 0 Å². The van der Waals surface area contributed by atoms with Crippen LogP contribution in [0.4, 0.5) is 0 Å². The third-order valence-corrected chi connectivity index (χ3v) is 1.43. The van der Waals surface area contributed by atoms with Crippen LogP contribution in [0.25, 0.3) is 5.82 Å². The summed E-state index contributed by atoms with van der Waals surface area (Å²) in [5.74, 6) is 0.856. The average Bonchev–Trinajstić information content (AvgIpc) is 2.55. The summed E-state index contributed by atoms with van der Waals surface area (Å²) in [4.78, 5) is 0. The van der Waals surface area contributed by atoms with E-state index in [9.17, 15) is 0 Å². The molecule has 0 spiro atoms. The van der Waals surface area contributed by atoms with Crippen molar-refractivity contribution in [1.29, 1.82) is 0 Å². The van der Waals surface area contributed by atoms with E-state index in [0.29, 0.717) is 0 Å². The molecule has 0 saturated carbocycles. The maximum absolute atomic E-state index is 4.04. The summed E-state index contributed by atoms with van der Waals surface area (Å²) in [7, 11) is 1.82. The molecule has 0 atom stereocenters. The number of aromatic nitrogens is 5. The van der Waals surface area contributed by atoms with Gasteiger partial charge in [0.05, 0.1) is 6.20 Å². The number of rotatable bonds is 1. The van der Waals surface area contributed by atoms with Gasteiger partial charge in [-0.3, -0.25) is 0 Å². The van der Waals surface area contributed by atoms with Crippen molar-refractivity contribution in [2.75, 3.05) is 0 Å². The first-order chi connectivity index (χ1) is 5.38. The van der Waals surface area contributed by atoms with E-state index in [0.717, 1.165) is 5.82 Å². The maximum Gasteiger partial charge on any atom is 0.171 e. The van der Waals surface area contributed by atoms with Crippen LogP contribution in [-0.2, 0) is 7.05 Å². The van der Waals surface area contributed by atoms with Gasteiger partial charge in [-0.15, -0.1) is 5.10 Å². The molecule has 11 heavy (non-hydrogen) atoms. The van der Waals surface area contributed by atoms with Gasteiger partial charge < -0.3 is 0 Å². The highest BCUT2D eigenvalue weighted by molar-refractivity contribution is 5.14. The van der Waals surface area contributed by atoms with Crippen LogP contribution in [0.2, 0.25) is 0 Å². The molecule has 0 saturated heterocycles. The van der Waals surface area contributed by atoms with E-state index >= 15 is 0 Å². The third-order valence-electron chi connectivity index (χ3n) is 1.43. The molecule has 0 aliphatic rings. The summed E-state index contributed by atoms with van der Waals surface area (Å²) in [6.07, 6.45) is 5.22. The molecular weight excluding hydrogens is 142 g/mol. The Hall–Kier alpha value is -1.65. The minimum Gasteiger partial charge on any atom is -0.231 e. The molecule has 2 heterocycles. The third kappa shape index (κ3) is 0.899. The van der Waals surface area contributed by atoms with Crippen molar-refractivity contribution in [1.82, 2.24) is 24.8 Å². The number of hydrogen-bond acceptors (Lipinski definition) is 3. The van der Waals surface area contributed by atoms with Crippen LogP contribution in [0.1, 0.15) is 0 Å². The Bertz CT molecular complexity index is 333. The molecule has 2 aromatic heterocycles. The Morgan fingerprint density at radius 1 is 1.45 bits per heavy atom. The van der Waals surface area contributed by atoms with Crippen LogP contribution in [0.5, 0.6) is 0 Å². The summed E-state index contributed by atoms with van der Waals surface area (Å²) < 4.78 is 3.37. The second-order valence-electron chi connectivity index (χ2n) is 2.17. The van der Waals surface area contributed by atoms with E-state index in [1.165, 1.54) is 0 Å². The van der Waals surface area contributed by atoms with Gasteiger partial charge >= 0.3 is 0 Å². The summed E-state index contributed by atoms with van der Waals surface area (Å²) >= 11 is 0. The summed E-state index contributed by atoms with van der Waals surface area (Å²) in [6.45, 7) is 0. The molecule has 0 N–H and O–H groups in total. The van der Waals surface area contributed by atoms with Gasteiger partial charge in [-0.05, 0) is 6.07 Å². The molecule has 2 aromatic rings. The molecule has 5 heteroatoms. The maximum atomic E-state index is 4.04. The van der Waals surface area contributed by atoms with Gasteiger partial charge in [0.15, 0.2) is 5.82 Å². The van der Waals surface area contributed by atoms with E-state index < -0.39 is 0 Å². The molecule has 2 rings (SSSR count).